The summed E-state index contributed by atoms with van der Waals surface area (Å²) in [6.45, 7) is 7.14. The van der Waals surface area contributed by atoms with Crippen molar-refractivity contribution < 1.29 is 19.7 Å². The quantitative estimate of drug-likeness (QED) is 0.465. The van der Waals surface area contributed by atoms with E-state index in [0.717, 1.165) is 61.8 Å². The Bertz CT molecular complexity index is 992. The summed E-state index contributed by atoms with van der Waals surface area (Å²) >= 11 is 0. The van der Waals surface area contributed by atoms with E-state index in [9.17, 15) is 4.79 Å². The summed E-state index contributed by atoms with van der Waals surface area (Å²) in [6, 6.07) is 10.3. The van der Waals surface area contributed by atoms with E-state index in [2.05, 4.69) is 39.9 Å². The Morgan fingerprint density at radius 3 is 2.46 bits per heavy atom. The number of methoxy groups -OCH3 is 2. The highest BCUT2D eigenvalue weighted by Gasteiger charge is 2.24. The van der Waals surface area contributed by atoms with Gasteiger partial charge in [0.2, 0.25) is 5.91 Å². The number of halogens is 2. The molecule has 0 radical (unpaired) electrons. The molecule has 2 aliphatic rings. The van der Waals surface area contributed by atoms with Gasteiger partial charge in [0.05, 0.1) is 20.6 Å². The van der Waals surface area contributed by atoms with Crippen LogP contribution in [0.15, 0.2) is 30.3 Å². The SMILES string of the molecule is COc1cc2c(cc1OC)CC(=O)N(CCCC1CCCN(CCc3cccc(C)n3)C1)CC2.Cl.Cl.O. The summed E-state index contributed by atoms with van der Waals surface area (Å²) in [5.41, 5.74) is 4.55. The summed E-state index contributed by atoms with van der Waals surface area (Å²) in [5, 5.41) is 0. The molecule has 2 N–H and O–H groups in total. The first kappa shape index (κ1) is 33.0. The molecule has 1 unspecified atom stereocenters. The fraction of sp³-hybridized carbons (Fsp3) is 0.571. The first-order chi connectivity index (χ1) is 16.6. The zero-order valence-corrected chi connectivity index (χ0v) is 24.0. The molecule has 1 aromatic carbocycles. The number of ether oxygens (including phenoxy) is 2. The standard InChI is InChI=1S/C28H39N3O3.2ClH.H2O/c1-21-7-4-10-25(29-21)12-15-30-13-5-8-22(20-30)9-6-14-31-16-11-23-17-26(33-2)27(34-3)18-24(23)19-28(31)32;;;/h4,7,10,17-18,22H,5-6,8-9,11-16,19-20H2,1-3H3;2*1H;1H2. The van der Waals surface area contributed by atoms with Crippen molar-refractivity contribution in [3.05, 3.63) is 52.8 Å². The molecule has 1 saturated heterocycles. The number of rotatable bonds is 9. The second kappa shape index (κ2) is 16.0. The van der Waals surface area contributed by atoms with E-state index in [4.69, 9.17) is 9.47 Å². The molecule has 1 fully saturated rings. The number of carbonyl (C=O) groups excluding carboxylic acids is 1. The van der Waals surface area contributed by atoms with Gasteiger partial charge in [0.15, 0.2) is 11.5 Å². The van der Waals surface area contributed by atoms with Crippen molar-refractivity contribution in [3.63, 3.8) is 0 Å². The van der Waals surface area contributed by atoms with Crippen LogP contribution < -0.4 is 9.47 Å². The van der Waals surface area contributed by atoms with Crippen LogP contribution in [-0.2, 0) is 24.1 Å². The van der Waals surface area contributed by atoms with Gasteiger partial charge in [-0.2, -0.15) is 0 Å². The second-order valence-electron chi connectivity index (χ2n) is 9.75. The van der Waals surface area contributed by atoms with Gasteiger partial charge in [-0.25, -0.2) is 0 Å². The van der Waals surface area contributed by atoms with Crippen LogP contribution in [0, 0.1) is 12.8 Å². The molecule has 208 valence electrons. The van der Waals surface area contributed by atoms with E-state index in [0.29, 0.717) is 12.2 Å². The van der Waals surface area contributed by atoms with Crippen LogP contribution in [-0.4, -0.2) is 73.1 Å². The third kappa shape index (κ3) is 9.02. The van der Waals surface area contributed by atoms with Gasteiger partial charge in [-0.1, -0.05) is 6.07 Å². The third-order valence-electron chi connectivity index (χ3n) is 7.32. The van der Waals surface area contributed by atoms with E-state index < -0.39 is 0 Å². The van der Waals surface area contributed by atoms with E-state index >= 15 is 0 Å². The minimum atomic E-state index is 0. The van der Waals surface area contributed by atoms with Crippen LogP contribution >= 0.6 is 24.8 Å². The molecule has 1 aromatic heterocycles. The van der Waals surface area contributed by atoms with Crippen LogP contribution in [0.2, 0.25) is 0 Å². The number of aromatic nitrogens is 1. The van der Waals surface area contributed by atoms with Crippen molar-refractivity contribution in [1.82, 2.24) is 14.8 Å². The zero-order chi connectivity index (χ0) is 23.9. The lowest BCUT2D eigenvalue weighted by molar-refractivity contribution is -0.130. The maximum absolute atomic E-state index is 12.9. The minimum absolute atomic E-state index is 0. The summed E-state index contributed by atoms with van der Waals surface area (Å²) in [4.78, 5) is 22.3. The maximum atomic E-state index is 12.9. The fourth-order valence-electron chi connectivity index (χ4n) is 5.42. The van der Waals surface area contributed by atoms with Crippen LogP contribution in [0.4, 0.5) is 0 Å². The normalized spacial score (nSPS) is 17.4. The number of hydrogen-bond donors (Lipinski definition) is 0. The van der Waals surface area contributed by atoms with E-state index in [1.54, 1.807) is 14.2 Å². The van der Waals surface area contributed by atoms with E-state index in [1.165, 1.54) is 43.6 Å². The maximum Gasteiger partial charge on any atom is 0.227 e. The number of fused-ring (bicyclic) bond motifs is 1. The molecule has 1 amide bonds. The summed E-state index contributed by atoms with van der Waals surface area (Å²) in [5.74, 6) is 2.39. The molecule has 3 heterocycles. The molecular weight excluding hydrogens is 513 g/mol. The predicted molar refractivity (Wildman–Crippen MR) is 153 cm³/mol. The van der Waals surface area contributed by atoms with Crippen LogP contribution in [0.25, 0.3) is 0 Å². The Kier molecular flexibility index (Phi) is 14.3. The Morgan fingerprint density at radius 1 is 1.03 bits per heavy atom. The van der Waals surface area contributed by atoms with Crippen molar-refractivity contribution in [2.24, 2.45) is 5.92 Å². The summed E-state index contributed by atoms with van der Waals surface area (Å²) < 4.78 is 10.9. The molecule has 0 bridgehead atoms. The molecule has 9 heteroatoms. The van der Waals surface area contributed by atoms with Crippen molar-refractivity contribution in [2.45, 2.75) is 51.9 Å². The predicted octanol–water partition coefficient (Wildman–Crippen LogP) is 4.09. The van der Waals surface area contributed by atoms with Gasteiger partial charge in [-0.15, -0.1) is 24.8 Å². The van der Waals surface area contributed by atoms with Gasteiger partial charge in [0.25, 0.3) is 0 Å². The summed E-state index contributed by atoms with van der Waals surface area (Å²) in [7, 11) is 3.30. The van der Waals surface area contributed by atoms with Gasteiger partial charge in [0.1, 0.15) is 0 Å². The van der Waals surface area contributed by atoms with E-state index in [-0.39, 0.29) is 36.2 Å². The van der Waals surface area contributed by atoms with Crippen molar-refractivity contribution in [1.29, 1.82) is 0 Å². The molecule has 0 saturated carbocycles. The number of benzene rings is 1. The number of likely N-dealkylation sites (tertiary alicyclic amines) is 1. The van der Waals surface area contributed by atoms with Crippen molar-refractivity contribution in [3.8, 4) is 11.5 Å². The number of carbonyl (C=O) groups is 1. The average molecular weight is 557 g/mol. The Hall–Kier alpha value is -2.06. The largest absolute Gasteiger partial charge is 0.493 e. The molecule has 0 aliphatic carbocycles. The van der Waals surface area contributed by atoms with Crippen molar-refractivity contribution >= 4 is 30.7 Å². The molecule has 37 heavy (non-hydrogen) atoms. The lowest BCUT2D eigenvalue weighted by Crippen LogP contribution is -2.37. The van der Waals surface area contributed by atoms with Gasteiger partial charge < -0.3 is 24.7 Å². The van der Waals surface area contributed by atoms with Crippen LogP contribution in [0.3, 0.4) is 0 Å². The number of piperidine rings is 1. The number of hydrogen-bond acceptors (Lipinski definition) is 5. The molecule has 7 nitrogen and oxygen atoms in total. The monoisotopic (exact) mass is 555 g/mol. The number of nitrogens with zero attached hydrogens (tertiary/aromatic N) is 3. The highest BCUT2D eigenvalue weighted by atomic mass is 35.5. The Labute approximate surface area is 234 Å². The molecule has 4 rings (SSSR count). The summed E-state index contributed by atoms with van der Waals surface area (Å²) in [6.07, 6.45) is 7.17. The number of amides is 1. The molecular formula is C28H43Cl2N3O4. The zero-order valence-electron chi connectivity index (χ0n) is 22.3. The molecule has 0 spiro atoms. The Balaban J connectivity index is 0.00000228. The van der Waals surface area contributed by atoms with Gasteiger partial charge >= 0.3 is 0 Å². The number of aryl methyl sites for hydroxylation is 1. The van der Waals surface area contributed by atoms with Crippen LogP contribution in [0.5, 0.6) is 11.5 Å². The van der Waals surface area contributed by atoms with Crippen molar-refractivity contribution in [2.75, 3.05) is 46.9 Å². The minimum Gasteiger partial charge on any atom is -0.493 e. The molecule has 1 atom stereocenters. The molecule has 2 aliphatic heterocycles. The fourth-order valence-corrected chi connectivity index (χ4v) is 5.42. The first-order valence-electron chi connectivity index (χ1n) is 12.7. The highest BCUT2D eigenvalue weighted by Crippen LogP contribution is 2.32. The Morgan fingerprint density at radius 2 is 1.76 bits per heavy atom. The smallest absolute Gasteiger partial charge is 0.227 e. The lowest BCUT2D eigenvalue weighted by atomic mass is 9.93. The topological polar surface area (TPSA) is 86.4 Å². The lowest BCUT2D eigenvalue weighted by Gasteiger charge is -2.33. The first-order valence-corrected chi connectivity index (χ1v) is 12.7. The van der Waals surface area contributed by atoms with Gasteiger partial charge in [-0.05, 0) is 86.9 Å². The average Bonchev–Trinajstić information content (AvgIpc) is 3.00. The van der Waals surface area contributed by atoms with Crippen LogP contribution in [0.1, 0.15) is 48.2 Å². The van der Waals surface area contributed by atoms with E-state index in [1.807, 2.05) is 12.1 Å². The second-order valence-corrected chi connectivity index (χ2v) is 9.75. The third-order valence-corrected chi connectivity index (χ3v) is 7.32. The van der Waals surface area contributed by atoms with Gasteiger partial charge in [0, 0.05) is 44.0 Å². The van der Waals surface area contributed by atoms with Gasteiger partial charge in [-0.3, -0.25) is 9.78 Å². The number of pyridine rings is 1. The highest BCUT2D eigenvalue weighted by molar-refractivity contribution is 5.85. The molecule has 2 aromatic rings.